The molecule has 0 heterocycles. The highest BCUT2D eigenvalue weighted by Gasteiger charge is 2.18. The summed E-state index contributed by atoms with van der Waals surface area (Å²) in [7, 11) is -3.53. The molecule has 0 spiro atoms. The predicted molar refractivity (Wildman–Crippen MR) is 73.8 cm³/mol. The molecule has 1 atom stereocenters. The maximum atomic E-state index is 12.1. The number of nitrogens with one attached hydrogen (secondary N) is 1. The zero-order chi connectivity index (χ0) is 13.6. The lowest BCUT2D eigenvalue weighted by molar-refractivity contribution is 0.544. The lowest BCUT2D eigenvalue weighted by Crippen LogP contribution is -2.34. The number of alkyl halides is 1. The van der Waals surface area contributed by atoms with Gasteiger partial charge in [-0.3, -0.25) is 0 Å². The Hall–Kier alpha value is -1.02. The van der Waals surface area contributed by atoms with Crippen LogP contribution in [0, 0.1) is 12.3 Å². The molecule has 0 saturated heterocycles. The minimum Gasteiger partial charge on any atom is -0.207 e. The van der Waals surface area contributed by atoms with Crippen molar-refractivity contribution in [2.24, 2.45) is 0 Å². The topological polar surface area (TPSA) is 46.2 Å². The van der Waals surface area contributed by atoms with Crippen LogP contribution in [0.25, 0.3) is 0 Å². The third-order valence-electron chi connectivity index (χ3n) is 2.54. The number of terminal acetylenes is 1. The van der Waals surface area contributed by atoms with Gasteiger partial charge in [-0.2, -0.15) is 0 Å². The van der Waals surface area contributed by atoms with Gasteiger partial charge in [0.2, 0.25) is 10.0 Å². The second-order valence-electron chi connectivity index (χ2n) is 3.92. The molecule has 0 aliphatic heterocycles. The molecule has 98 valence electrons. The lowest BCUT2D eigenvalue weighted by Gasteiger charge is -2.14. The van der Waals surface area contributed by atoms with Crippen molar-refractivity contribution in [1.82, 2.24) is 4.72 Å². The number of benzene rings is 1. The first-order chi connectivity index (χ1) is 8.53. The van der Waals surface area contributed by atoms with Gasteiger partial charge in [0.25, 0.3) is 0 Å². The highest BCUT2D eigenvalue weighted by Crippen LogP contribution is 2.14. The summed E-state index contributed by atoms with van der Waals surface area (Å²) in [6, 6.07) is 6.33. The van der Waals surface area contributed by atoms with Crippen molar-refractivity contribution in [3.63, 3.8) is 0 Å². The van der Waals surface area contributed by atoms with Crippen molar-refractivity contribution < 1.29 is 8.42 Å². The quantitative estimate of drug-likeness (QED) is 0.645. The second-order valence-corrected chi connectivity index (χ2v) is 5.90. The molecule has 1 aromatic carbocycles. The molecule has 1 N–H and O–H groups in total. The minimum absolute atomic E-state index is 0.219. The molecule has 0 saturated carbocycles. The van der Waals surface area contributed by atoms with Crippen molar-refractivity contribution in [1.29, 1.82) is 0 Å². The van der Waals surface area contributed by atoms with Crippen LogP contribution >= 0.6 is 11.6 Å². The number of hydrogen-bond donors (Lipinski definition) is 1. The zero-order valence-electron chi connectivity index (χ0n) is 10.2. The van der Waals surface area contributed by atoms with Crippen LogP contribution in [-0.2, 0) is 15.9 Å². The van der Waals surface area contributed by atoms with Crippen molar-refractivity contribution in [3.05, 3.63) is 29.8 Å². The fraction of sp³-hybridized carbons (Fsp3) is 0.385. The SMILES string of the molecule is C#CCC(CC)NS(=O)(=O)c1cccc(CCl)c1. The van der Waals surface area contributed by atoms with E-state index in [1.165, 1.54) is 0 Å². The van der Waals surface area contributed by atoms with Crippen LogP contribution in [0.2, 0.25) is 0 Å². The first-order valence-corrected chi connectivity index (χ1v) is 7.66. The monoisotopic (exact) mass is 285 g/mol. The van der Waals surface area contributed by atoms with Crippen molar-refractivity contribution in [2.45, 2.75) is 36.6 Å². The molecule has 3 nitrogen and oxygen atoms in total. The van der Waals surface area contributed by atoms with Gasteiger partial charge < -0.3 is 0 Å². The van der Waals surface area contributed by atoms with Crippen LogP contribution in [0.4, 0.5) is 0 Å². The third kappa shape index (κ3) is 4.02. The Bertz CT molecular complexity index is 534. The van der Waals surface area contributed by atoms with Crippen LogP contribution in [0.1, 0.15) is 25.3 Å². The van der Waals surface area contributed by atoms with Crippen molar-refractivity contribution >= 4 is 21.6 Å². The van der Waals surface area contributed by atoms with E-state index in [-0.39, 0.29) is 16.8 Å². The molecule has 0 radical (unpaired) electrons. The molecule has 18 heavy (non-hydrogen) atoms. The van der Waals surface area contributed by atoms with Crippen LogP contribution in [0.3, 0.4) is 0 Å². The number of sulfonamides is 1. The zero-order valence-corrected chi connectivity index (χ0v) is 11.8. The van der Waals surface area contributed by atoms with Crippen LogP contribution in [0.15, 0.2) is 29.2 Å². The van der Waals surface area contributed by atoms with E-state index in [0.717, 1.165) is 5.56 Å². The normalized spacial score (nSPS) is 12.9. The predicted octanol–water partition coefficient (Wildman–Crippen LogP) is 2.51. The second kappa shape index (κ2) is 6.79. The Morgan fingerprint density at radius 2 is 2.22 bits per heavy atom. The molecule has 1 unspecified atom stereocenters. The molecular formula is C13H16ClNO2S. The molecular weight excluding hydrogens is 270 g/mol. The van der Waals surface area contributed by atoms with E-state index in [2.05, 4.69) is 10.6 Å². The van der Waals surface area contributed by atoms with Gasteiger partial charge >= 0.3 is 0 Å². The Morgan fingerprint density at radius 1 is 1.50 bits per heavy atom. The summed E-state index contributed by atoms with van der Waals surface area (Å²) >= 11 is 5.69. The van der Waals surface area contributed by atoms with E-state index < -0.39 is 10.0 Å². The maximum absolute atomic E-state index is 12.1. The summed E-state index contributed by atoms with van der Waals surface area (Å²) in [5.74, 6) is 2.75. The number of halogens is 1. The van der Waals surface area contributed by atoms with Gasteiger partial charge in [-0.25, -0.2) is 13.1 Å². The minimum atomic E-state index is -3.53. The highest BCUT2D eigenvalue weighted by atomic mass is 35.5. The van der Waals surface area contributed by atoms with E-state index in [1.54, 1.807) is 24.3 Å². The lowest BCUT2D eigenvalue weighted by atomic mass is 10.2. The third-order valence-corrected chi connectivity index (χ3v) is 4.37. The summed E-state index contributed by atoms with van der Waals surface area (Å²) in [5, 5.41) is 0. The number of hydrogen-bond acceptors (Lipinski definition) is 2. The highest BCUT2D eigenvalue weighted by molar-refractivity contribution is 7.89. The van der Waals surface area contributed by atoms with E-state index in [1.807, 2.05) is 6.92 Å². The molecule has 1 rings (SSSR count). The molecule has 0 aliphatic carbocycles. The summed E-state index contributed by atoms with van der Waals surface area (Å²) in [6.45, 7) is 1.89. The molecule has 0 amide bonds. The average Bonchev–Trinajstić information content (AvgIpc) is 2.38. The Balaban J connectivity index is 2.95. The first-order valence-electron chi connectivity index (χ1n) is 5.64. The van der Waals surface area contributed by atoms with Gasteiger partial charge in [-0.15, -0.1) is 23.9 Å². The van der Waals surface area contributed by atoms with Gasteiger partial charge in [-0.1, -0.05) is 19.1 Å². The standard InChI is InChI=1S/C13H16ClNO2S/c1-3-6-12(4-2)15-18(16,17)13-8-5-7-11(9-13)10-14/h1,5,7-9,12,15H,4,6,10H2,2H3. The molecule has 0 aromatic heterocycles. The molecule has 0 aliphatic rings. The fourth-order valence-corrected chi connectivity index (χ4v) is 3.05. The Morgan fingerprint density at radius 3 is 2.78 bits per heavy atom. The Labute approximate surface area is 114 Å². The number of rotatable bonds is 6. The summed E-state index contributed by atoms with van der Waals surface area (Å²) in [5.41, 5.74) is 0.768. The smallest absolute Gasteiger partial charge is 0.207 e. The van der Waals surface area contributed by atoms with Gasteiger partial charge in [0.05, 0.1) is 4.90 Å². The first kappa shape index (κ1) is 15.0. The molecule has 0 bridgehead atoms. The molecule has 5 heteroatoms. The van der Waals surface area contributed by atoms with E-state index in [9.17, 15) is 8.42 Å². The molecule has 0 fully saturated rings. The van der Waals surface area contributed by atoms with E-state index in [0.29, 0.717) is 12.8 Å². The molecule has 1 aromatic rings. The van der Waals surface area contributed by atoms with Crippen LogP contribution in [-0.4, -0.2) is 14.5 Å². The van der Waals surface area contributed by atoms with Crippen LogP contribution in [0.5, 0.6) is 0 Å². The summed E-state index contributed by atoms with van der Waals surface area (Å²) in [4.78, 5) is 0.219. The van der Waals surface area contributed by atoms with E-state index in [4.69, 9.17) is 18.0 Å². The average molecular weight is 286 g/mol. The van der Waals surface area contributed by atoms with Gasteiger partial charge in [0, 0.05) is 18.3 Å². The Kier molecular flexibility index (Phi) is 5.67. The van der Waals surface area contributed by atoms with Crippen molar-refractivity contribution in [2.75, 3.05) is 0 Å². The van der Waals surface area contributed by atoms with E-state index >= 15 is 0 Å². The van der Waals surface area contributed by atoms with Gasteiger partial charge in [-0.05, 0) is 24.1 Å². The van der Waals surface area contributed by atoms with Gasteiger partial charge in [0.15, 0.2) is 0 Å². The van der Waals surface area contributed by atoms with Crippen molar-refractivity contribution in [3.8, 4) is 12.3 Å². The fourth-order valence-electron chi connectivity index (χ4n) is 1.49. The summed E-state index contributed by atoms with van der Waals surface area (Å²) in [6.07, 6.45) is 6.24. The maximum Gasteiger partial charge on any atom is 0.240 e. The van der Waals surface area contributed by atoms with Gasteiger partial charge in [0.1, 0.15) is 0 Å². The largest absolute Gasteiger partial charge is 0.240 e. The van der Waals surface area contributed by atoms with Crippen LogP contribution < -0.4 is 4.72 Å². The summed E-state index contributed by atoms with van der Waals surface area (Å²) < 4.78 is 26.8.